The zero-order chi connectivity index (χ0) is 10.5. The molecule has 1 aliphatic carbocycles. The lowest BCUT2D eigenvalue weighted by molar-refractivity contribution is 0.456. The maximum Gasteiger partial charge on any atom is 0.0111 e. The van der Waals surface area contributed by atoms with Crippen LogP contribution in [-0.4, -0.2) is 19.1 Å². The fourth-order valence-electron chi connectivity index (χ4n) is 2.28. The normalized spacial score (nSPS) is 19.9. The molecule has 1 aromatic rings. The van der Waals surface area contributed by atoms with Crippen molar-refractivity contribution in [3.63, 3.8) is 0 Å². The van der Waals surface area contributed by atoms with E-state index in [1.165, 1.54) is 30.4 Å². The summed E-state index contributed by atoms with van der Waals surface area (Å²) in [4.78, 5) is 0. The van der Waals surface area contributed by atoms with E-state index in [4.69, 9.17) is 5.73 Å². The van der Waals surface area contributed by atoms with Crippen LogP contribution in [-0.2, 0) is 12.8 Å². The summed E-state index contributed by atoms with van der Waals surface area (Å²) in [5.41, 5.74) is 8.54. The molecule has 0 fully saturated rings. The Morgan fingerprint density at radius 3 is 2.87 bits per heavy atom. The second kappa shape index (κ2) is 5.29. The highest BCUT2D eigenvalue weighted by Crippen LogP contribution is 2.20. The molecular weight excluding hydrogens is 184 g/mol. The van der Waals surface area contributed by atoms with E-state index in [0.717, 1.165) is 19.5 Å². The summed E-state index contributed by atoms with van der Waals surface area (Å²) in [7, 11) is 0. The van der Waals surface area contributed by atoms with Crippen LogP contribution in [0.3, 0.4) is 0 Å². The Morgan fingerprint density at radius 2 is 2.07 bits per heavy atom. The predicted molar refractivity (Wildman–Crippen MR) is 63.9 cm³/mol. The lowest BCUT2D eigenvalue weighted by Crippen LogP contribution is -2.35. The van der Waals surface area contributed by atoms with Gasteiger partial charge in [-0.2, -0.15) is 0 Å². The molecular formula is C13H20N2. The van der Waals surface area contributed by atoms with E-state index in [1.54, 1.807) is 0 Å². The first-order valence-electron chi connectivity index (χ1n) is 5.90. The van der Waals surface area contributed by atoms with Gasteiger partial charge < -0.3 is 11.1 Å². The van der Waals surface area contributed by atoms with Gasteiger partial charge in [0.15, 0.2) is 0 Å². The van der Waals surface area contributed by atoms with Crippen LogP contribution < -0.4 is 11.1 Å². The number of benzene rings is 1. The third-order valence-electron chi connectivity index (χ3n) is 3.16. The van der Waals surface area contributed by atoms with Gasteiger partial charge in [0.05, 0.1) is 0 Å². The summed E-state index contributed by atoms with van der Waals surface area (Å²) in [6.07, 6.45) is 4.75. The molecule has 0 saturated heterocycles. The number of rotatable bonds is 4. The highest BCUT2D eigenvalue weighted by molar-refractivity contribution is 5.30. The Morgan fingerprint density at radius 1 is 1.27 bits per heavy atom. The zero-order valence-corrected chi connectivity index (χ0v) is 9.21. The SMILES string of the molecule is NCCCNC1CCc2ccccc2C1. The van der Waals surface area contributed by atoms with Crippen LogP contribution in [0.1, 0.15) is 24.0 Å². The van der Waals surface area contributed by atoms with Gasteiger partial charge in [-0.25, -0.2) is 0 Å². The molecule has 0 spiro atoms. The van der Waals surface area contributed by atoms with Crippen molar-refractivity contribution in [2.45, 2.75) is 31.7 Å². The quantitative estimate of drug-likeness (QED) is 0.729. The summed E-state index contributed by atoms with van der Waals surface area (Å²) < 4.78 is 0. The molecule has 2 rings (SSSR count). The molecule has 0 radical (unpaired) electrons. The van der Waals surface area contributed by atoms with Crippen molar-refractivity contribution in [2.75, 3.05) is 13.1 Å². The summed E-state index contributed by atoms with van der Waals surface area (Å²) in [5.74, 6) is 0. The summed E-state index contributed by atoms with van der Waals surface area (Å²) >= 11 is 0. The number of hydrogen-bond acceptors (Lipinski definition) is 2. The Labute approximate surface area is 91.9 Å². The van der Waals surface area contributed by atoms with Crippen molar-refractivity contribution >= 4 is 0 Å². The third-order valence-corrected chi connectivity index (χ3v) is 3.16. The Balaban J connectivity index is 1.88. The van der Waals surface area contributed by atoms with Crippen LogP contribution in [0.15, 0.2) is 24.3 Å². The average Bonchev–Trinajstić information content (AvgIpc) is 2.29. The van der Waals surface area contributed by atoms with E-state index in [0.29, 0.717) is 6.04 Å². The van der Waals surface area contributed by atoms with Crippen molar-refractivity contribution in [1.29, 1.82) is 0 Å². The Bertz CT molecular complexity index is 309. The molecule has 15 heavy (non-hydrogen) atoms. The third kappa shape index (κ3) is 2.80. The first kappa shape index (κ1) is 10.7. The van der Waals surface area contributed by atoms with Gasteiger partial charge in [0.2, 0.25) is 0 Å². The van der Waals surface area contributed by atoms with Gasteiger partial charge in [-0.05, 0) is 49.9 Å². The number of hydrogen-bond donors (Lipinski definition) is 2. The number of fused-ring (bicyclic) bond motifs is 1. The van der Waals surface area contributed by atoms with Crippen molar-refractivity contribution in [2.24, 2.45) is 5.73 Å². The van der Waals surface area contributed by atoms with Crippen molar-refractivity contribution in [3.8, 4) is 0 Å². The van der Waals surface area contributed by atoms with E-state index < -0.39 is 0 Å². The highest BCUT2D eigenvalue weighted by atomic mass is 14.9. The molecule has 0 aliphatic heterocycles. The molecule has 1 atom stereocenters. The summed E-state index contributed by atoms with van der Waals surface area (Å²) in [5, 5.41) is 3.58. The minimum atomic E-state index is 0.659. The molecule has 1 aliphatic rings. The maximum absolute atomic E-state index is 5.48. The van der Waals surface area contributed by atoms with Gasteiger partial charge in [-0.1, -0.05) is 24.3 Å². The topological polar surface area (TPSA) is 38.0 Å². The molecule has 0 heterocycles. The fourth-order valence-corrected chi connectivity index (χ4v) is 2.28. The van der Waals surface area contributed by atoms with Crippen LogP contribution in [0.2, 0.25) is 0 Å². The molecule has 2 nitrogen and oxygen atoms in total. The molecule has 0 aromatic heterocycles. The van der Waals surface area contributed by atoms with E-state index in [1.807, 2.05) is 0 Å². The number of nitrogens with one attached hydrogen (secondary N) is 1. The van der Waals surface area contributed by atoms with Gasteiger partial charge in [-0.3, -0.25) is 0 Å². The Kier molecular flexibility index (Phi) is 3.75. The number of nitrogens with two attached hydrogens (primary N) is 1. The van der Waals surface area contributed by atoms with Crippen molar-refractivity contribution in [3.05, 3.63) is 35.4 Å². The van der Waals surface area contributed by atoms with Crippen LogP contribution >= 0.6 is 0 Å². The minimum absolute atomic E-state index is 0.659. The van der Waals surface area contributed by atoms with Gasteiger partial charge in [0.25, 0.3) is 0 Å². The minimum Gasteiger partial charge on any atom is -0.330 e. The highest BCUT2D eigenvalue weighted by Gasteiger charge is 2.16. The molecule has 0 bridgehead atoms. The molecule has 1 aromatic carbocycles. The number of aryl methyl sites for hydroxylation is 1. The zero-order valence-electron chi connectivity index (χ0n) is 9.21. The molecule has 3 N–H and O–H groups in total. The van der Waals surface area contributed by atoms with Crippen molar-refractivity contribution < 1.29 is 0 Å². The smallest absolute Gasteiger partial charge is 0.0111 e. The largest absolute Gasteiger partial charge is 0.330 e. The molecule has 2 heteroatoms. The summed E-state index contributed by atoms with van der Waals surface area (Å²) in [6.45, 7) is 1.85. The second-order valence-corrected chi connectivity index (χ2v) is 4.30. The predicted octanol–water partition coefficient (Wildman–Crippen LogP) is 1.48. The van der Waals surface area contributed by atoms with Crippen LogP contribution in [0.5, 0.6) is 0 Å². The second-order valence-electron chi connectivity index (χ2n) is 4.30. The monoisotopic (exact) mass is 204 g/mol. The summed E-state index contributed by atoms with van der Waals surface area (Å²) in [6, 6.07) is 9.45. The lowest BCUT2D eigenvalue weighted by atomic mass is 9.88. The van der Waals surface area contributed by atoms with Crippen LogP contribution in [0.4, 0.5) is 0 Å². The molecule has 0 saturated carbocycles. The van der Waals surface area contributed by atoms with Crippen LogP contribution in [0, 0.1) is 0 Å². The standard InChI is InChI=1S/C13H20N2/c14-8-3-9-15-13-7-6-11-4-1-2-5-12(11)10-13/h1-2,4-5,13,15H,3,6-10,14H2. The van der Waals surface area contributed by atoms with Gasteiger partial charge >= 0.3 is 0 Å². The van der Waals surface area contributed by atoms with Gasteiger partial charge in [-0.15, -0.1) is 0 Å². The van der Waals surface area contributed by atoms with E-state index in [-0.39, 0.29) is 0 Å². The fraction of sp³-hybridized carbons (Fsp3) is 0.538. The first-order valence-corrected chi connectivity index (χ1v) is 5.90. The van der Waals surface area contributed by atoms with Gasteiger partial charge in [0.1, 0.15) is 0 Å². The van der Waals surface area contributed by atoms with Crippen LogP contribution in [0.25, 0.3) is 0 Å². The lowest BCUT2D eigenvalue weighted by Gasteiger charge is -2.25. The molecule has 0 amide bonds. The van der Waals surface area contributed by atoms with Gasteiger partial charge in [0, 0.05) is 6.04 Å². The van der Waals surface area contributed by atoms with Crippen molar-refractivity contribution in [1.82, 2.24) is 5.32 Å². The Hall–Kier alpha value is -0.860. The van der Waals surface area contributed by atoms with E-state index in [2.05, 4.69) is 29.6 Å². The van der Waals surface area contributed by atoms with E-state index >= 15 is 0 Å². The van der Waals surface area contributed by atoms with E-state index in [9.17, 15) is 0 Å². The average molecular weight is 204 g/mol. The maximum atomic E-state index is 5.48. The first-order chi connectivity index (χ1) is 7.40. The molecule has 82 valence electrons. The molecule has 1 unspecified atom stereocenters.